The first kappa shape index (κ1) is 18.0. The maximum absolute atomic E-state index is 13.3. The van der Waals surface area contributed by atoms with E-state index in [1.807, 2.05) is 24.3 Å². The van der Waals surface area contributed by atoms with Crippen LogP contribution in [-0.2, 0) is 13.1 Å². The van der Waals surface area contributed by atoms with Crippen molar-refractivity contribution in [2.45, 2.75) is 13.1 Å². The predicted octanol–water partition coefficient (Wildman–Crippen LogP) is 2.70. The number of carbonyl (C=O) groups is 1. The Morgan fingerprint density at radius 1 is 1.15 bits per heavy atom. The number of nitrogens with zero attached hydrogens (tertiary/aromatic N) is 2. The van der Waals surface area contributed by atoms with Crippen molar-refractivity contribution in [3.63, 3.8) is 0 Å². The van der Waals surface area contributed by atoms with Crippen LogP contribution in [0.5, 0.6) is 0 Å². The quantitative estimate of drug-likeness (QED) is 0.766. The number of nitrogens with one attached hydrogen (secondary N) is 1. The fraction of sp³-hybridized carbons (Fsp3) is 0.316. The van der Waals surface area contributed by atoms with Gasteiger partial charge in [0.2, 0.25) is 0 Å². The average Bonchev–Trinajstić information content (AvgIpc) is 2.66. The van der Waals surface area contributed by atoms with Gasteiger partial charge in [-0.25, -0.2) is 9.18 Å². The van der Waals surface area contributed by atoms with Crippen molar-refractivity contribution in [1.82, 2.24) is 4.90 Å². The molecule has 0 aliphatic carbocycles. The number of nitrogens with two attached hydrogens (primary N) is 1. The first-order chi connectivity index (χ1) is 12.6. The number of benzene rings is 2. The molecule has 2 aromatic rings. The van der Waals surface area contributed by atoms with Gasteiger partial charge in [-0.05, 0) is 29.8 Å². The Kier molecular flexibility index (Phi) is 5.58. The zero-order valence-corrected chi connectivity index (χ0v) is 14.5. The normalized spacial score (nSPS) is 14.4. The van der Waals surface area contributed by atoms with Crippen molar-refractivity contribution in [2.24, 2.45) is 5.73 Å². The number of anilines is 2. The summed E-state index contributed by atoms with van der Waals surface area (Å²) in [4.78, 5) is 14.7. The minimum Gasteiger partial charge on any atom is -0.465 e. The lowest BCUT2D eigenvalue weighted by Gasteiger charge is -2.36. The van der Waals surface area contributed by atoms with Crippen LogP contribution >= 0.6 is 0 Å². The van der Waals surface area contributed by atoms with E-state index < -0.39 is 6.09 Å². The molecule has 7 heteroatoms. The maximum Gasteiger partial charge on any atom is 0.407 e. The summed E-state index contributed by atoms with van der Waals surface area (Å²) in [5.74, 6) is -0.256. The molecular weight excluding hydrogens is 335 g/mol. The number of carboxylic acid groups (broad SMARTS) is 1. The third-order valence-corrected chi connectivity index (χ3v) is 4.62. The number of piperazine rings is 1. The summed E-state index contributed by atoms with van der Waals surface area (Å²) < 4.78 is 13.3. The molecule has 0 spiro atoms. The van der Waals surface area contributed by atoms with E-state index in [9.17, 15) is 9.18 Å². The van der Waals surface area contributed by atoms with Crippen LogP contribution in [0.2, 0.25) is 0 Å². The lowest BCUT2D eigenvalue weighted by molar-refractivity contribution is 0.142. The summed E-state index contributed by atoms with van der Waals surface area (Å²) in [6, 6.07) is 12.4. The molecule has 26 heavy (non-hydrogen) atoms. The van der Waals surface area contributed by atoms with Gasteiger partial charge in [0.1, 0.15) is 5.82 Å². The highest BCUT2D eigenvalue weighted by Gasteiger charge is 2.22. The number of hydrogen-bond acceptors (Lipinski definition) is 4. The van der Waals surface area contributed by atoms with Crippen LogP contribution in [0.4, 0.5) is 20.6 Å². The zero-order valence-electron chi connectivity index (χ0n) is 14.5. The summed E-state index contributed by atoms with van der Waals surface area (Å²) in [6.07, 6.45) is -0.880. The van der Waals surface area contributed by atoms with E-state index in [4.69, 9.17) is 10.8 Å². The molecule has 0 radical (unpaired) electrons. The van der Waals surface area contributed by atoms with Crippen LogP contribution in [-0.4, -0.2) is 42.3 Å². The molecule has 4 N–H and O–H groups in total. The van der Waals surface area contributed by atoms with Crippen LogP contribution in [0.3, 0.4) is 0 Å². The third-order valence-electron chi connectivity index (χ3n) is 4.62. The van der Waals surface area contributed by atoms with Gasteiger partial charge < -0.3 is 26.0 Å². The Morgan fingerprint density at radius 2 is 1.88 bits per heavy atom. The molecule has 3 rings (SSSR count). The molecule has 1 saturated heterocycles. The van der Waals surface area contributed by atoms with Crippen molar-refractivity contribution in [3.8, 4) is 0 Å². The van der Waals surface area contributed by atoms with Crippen molar-refractivity contribution >= 4 is 17.5 Å². The molecule has 0 atom stereocenters. The van der Waals surface area contributed by atoms with Crippen molar-refractivity contribution in [2.75, 3.05) is 36.4 Å². The lowest BCUT2D eigenvalue weighted by Crippen LogP contribution is -2.48. The second-order valence-corrected chi connectivity index (χ2v) is 6.25. The largest absolute Gasteiger partial charge is 0.465 e. The van der Waals surface area contributed by atoms with Crippen LogP contribution < -0.4 is 16.0 Å². The molecule has 1 amide bonds. The predicted molar refractivity (Wildman–Crippen MR) is 99.9 cm³/mol. The van der Waals surface area contributed by atoms with Gasteiger partial charge in [0, 0.05) is 56.2 Å². The van der Waals surface area contributed by atoms with Gasteiger partial charge in [0.15, 0.2) is 0 Å². The highest BCUT2D eigenvalue weighted by molar-refractivity contribution is 5.68. The third kappa shape index (κ3) is 4.05. The highest BCUT2D eigenvalue weighted by Crippen LogP contribution is 2.28. The van der Waals surface area contributed by atoms with E-state index in [1.54, 1.807) is 6.07 Å². The standard InChI is InChI=1S/C19H23FN4O2/c20-15-4-1-3-14(11-15)13-22-17-5-2-6-18(16(17)12-21)23-7-9-24(10-8-23)19(25)26/h1-6,11,22H,7-10,12-13,21H2,(H,25,26). The fourth-order valence-corrected chi connectivity index (χ4v) is 3.23. The monoisotopic (exact) mass is 358 g/mol. The molecule has 6 nitrogen and oxygen atoms in total. The van der Waals surface area contributed by atoms with Gasteiger partial charge >= 0.3 is 6.09 Å². The number of rotatable bonds is 5. The van der Waals surface area contributed by atoms with Crippen LogP contribution in [0.25, 0.3) is 0 Å². The Hall–Kier alpha value is -2.80. The minimum atomic E-state index is -0.880. The molecule has 1 aliphatic rings. The van der Waals surface area contributed by atoms with Crippen molar-refractivity contribution < 1.29 is 14.3 Å². The summed E-state index contributed by atoms with van der Waals surface area (Å²) in [7, 11) is 0. The lowest BCUT2D eigenvalue weighted by atomic mass is 10.1. The first-order valence-corrected chi connectivity index (χ1v) is 8.61. The summed E-state index contributed by atoms with van der Waals surface area (Å²) in [6.45, 7) is 3.07. The van der Waals surface area contributed by atoms with Gasteiger partial charge in [-0.2, -0.15) is 0 Å². The number of amides is 1. The molecule has 0 saturated carbocycles. The van der Waals surface area contributed by atoms with Crippen molar-refractivity contribution in [3.05, 3.63) is 59.4 Å². The molecule has 1 fully saturated rings. The van der Waals surface area contributed by atoms with Gasteiger partial charge in [-0.1, -0.05) is 18.2 Å². The van der Waals surface area contributed by atoms with Gasteiger partial charge in [-0.3, -0.25) is 0 Å². The SMILES string of the molecule is NCc1c(NCc2cccc(F)c2)cccc1N1CCN(C(=O)O)CC1. The molecular formula is C19H23FN4O2. The molecule has 0 bridgehead atoms. The fourth-order valence-electron chi connectivity index (χ4n) is 3.23. The molecule has 138 valence electrons. The topological polar surface area (TPSA) is 81.8 Å². The highest BCUT2D eigenvalue weighted by atomic mass is 19.1. The van der Waals surface area contributed by atoms with E-state index >= 15 is 0 Å². The maximum atomic E-state index is 13.3. The molecule has 1 heterocycles. The average molecular weight is 358 g/mol. The van der Waals surface area contributed by atoms with Gasteiger partial charge in [-0.15, -0.1) is 0 Å². The Morgan fingerprint density at radius 3 is 2.54 bits per heavy atom. The minimum absolute atomic E-state index is 0.256. The summed E-state index contributed by atoms with van der Waals surface area (Å²) >= 11 is 0. The molecule has 1 aliphatic heterocycles. The van der Waals surface area contributed by atoms with Crippen LogP contribution in [0, 0.1) is 5.82 Å². The molecule has 0 aromatic heterocycles. The number of halogens is 1. The number of hydrogen-bond donors (Lipinski definition) is 3. The Bertz CT molecular complexity index is 776. The van der Waals surface area contributed by atoms with E-state index in [1.165, 1.54) is 17.0 Å². The van der Waals surface area contributed by atoms with Crippen LogP contribution in [0.15, 0.2) is 42.5 Å². The summed E-state index contributed by atoms with van der Waals surface area (Å²) in [5.41, 5.74) is 9.76. The zero-order chi connectivity index (χ0) is 18.5. The van der Waals surface area contributed by atoms with Gasteiger partial charge in [0.25, 0.3) is 0 Å². The Balaban J connectivity index is 1.74. The van der Waals surface area contributed by atoms with Crippen LogP contribution in [0.1, 0.15) is 11.1 Å². The molecule has 0 unspecified atom stereocenters. The van der Waals surface area contributed by atoms with E-state index in [0.29, 0.717) is 39.3 Å². The van der Waals surface area contributed by atoms with E-state index in [0.717, 1.165) is 22.5 Å². The second kappa shape index (κ2) is 8.05. The second-order valence-electron chi connectivity index (χ2n) is 6.25. The van der Waals surface area contributed by atoms with E-state index in [-0.39, 0.29) is 5.82 Å². The van der Waals surface area contributed by atoms with E-state index in [2.05, 4.69) is 10.2 Å². The smallest absolute Gasteiger partial charge is 0.407 e. The Labute approximate surface area is 152 Å². The first-order valence-electron chi connectivity index (χ1n) is 8.61. The summed E-state index contributed by atoms with van der Waals surface area (Å²) in [5, 5.41) is 12.4. The van der Waals surface area contributed by atoms with Crippen molar-refractivity contribution in [1.29, 1.82) is 0 Å². The van der Waals surface area contributed by atoms with Gasteiger partial charge in [0.05, 0.1) is 0 Å². The molecule has 2 aromatic carbocycles.